The summed E-state index contributed by atoms with van der Waals surface area (Å²) < 4.78 is 39.3. The van der Waals surface area contributed by atoms with Crippen LogP contribution in [0.4, 0.5) is 0 Å². The standard InChI is InChI=1S/C19H23ClN2O5S/c1-3-27-18(23)16-10-17(21-13(16)2)28(24,25)22-19(8-9-26-12-19)11-14-4-6-15(20)7-5-14/h4-7,10,21-22H,3,8-9,11-12H2,1-2H3. The van der Waals surface area contributed by atoms with Crippen molar-refractivity contribution in [3.8, 4) is 0 Å². The molecule has 0 bridgehead atoms. The number of rotatable bonds is 7. The highest BCUT2D eigenvalue weighted by atomic mass is 35.5. The lowest BCUT2D eigenvalue weighted by Crippen LogP contribution is -2.50. The van der Waals surface area contributed by atoms with Gasteiger partial charge in [0.2, 0.25) is 0 Å². The summed E-state index contributed by atoms with van der Waals surface area (Å²) >= 11 is 5.94. The minimum absolute atomic E-state index is 0.0737. The summed E-state index contributed by atoms with van der Waals surface area (Å²) in [5.74, 6) is -0.558. The molecule has 1 atom stereocenters. The lowest BCUT2D eigenvalue weighted by atomic mass is 9.91. The van der Waals surface area contributed by atoms with Gasteiger partial charge in [0.1, 0.15) is 5.03 Å². The van der Waals surface area contributed by atoms with Crippen molar-refractivity contribution in [2.24, 2.45) is 0 Å². The zero-order chi connectivity index (χ0) is 20.4. The fourth-order valence-electron chi connectivity index (χ4n) is 3.29. The van der Waals surface area contributed by atoms with Gasteiger partial charge in [-0.2, -0.15) is 0 Å². The van der Waals surface area contributed by atoms with Gasteiger partial charge in [0.25, 0.3) is 10.0 Å². The Kier molecular flexibility index (Phi) is 6.14. The summed E-state index contributed by atoms with van der Waals surface area (Å²) in [7, 11) is -3.90. The Morgan fingerprint density at radius 1 is 1.36 bits per heavy atom. The van der Waals surface area contributed by atoms with E-state index in [4.69, 9.17) is 21.1 Å². The van der Waals surface area contributed by atoms with E-state index < -0.39 is 21.5 Å². The first-order valence-corrected chi connectivity index (χ1v) is 10.8. The van der Waals surface area contributed by atoms with Crippen molar-refractivity contribution in [1.82, 2.24) is 9.71 Å². The van der Waals surface area contributed by atoms with Crippen LogP contribution in [-0.2, 0) is 25.9 Å². The van der Waals surface area contributed by atoms with Gasteiger partial charge in [0.05, 0.1) is 24.3 Å². The Morgan fingerprint density at radius 2 is 2.07 bits per heavy atom. The summed E-state index contributed by atoms with van der Waals surface area (Å²) in [6, 6.07) is 8.59. The van der Waals surface area contributed by atoms with Gasteiger partial charge in [-0.3, -0.25) is 0 Å². The largest absolute Gasteiger partial charge is 0.462 e. The van der Waals surface area contributed by atoms with Crippen LogP contribution in [-0.4, -0.2) is 44.7 Å². The van der Waals surface area contributed by atoms with Crippen molar-refractivity contribution < 1.29 is 22.7 Å². The number of hydrogen-bond acceptors (Lipinski definition) is 5. The topological polar surface area (TPSA) is 97.5 Å². The fourth-order valence-corrected chi connectivity index (χ4v) is 4.89. The van der Waals surface area contributed by atoms with E-state index in [1.807, 2.05) is 12.1 Å². The van der Waals surface area contributed by atoms with Gasteiger partial charge in [0.15, 0.2) is 0 Å². The number of nitrogens with one attached hydrogen (secondary N) is 2. The maximum absolute atomic E-state index is 13.0. The van der Waals surface area contributed by atoms with Crippen molar-refractivity contribution >= 4 is 27.6 Å². The molecule has 3 rings (SSSR count). The maximum Gasteiger partial charge on any atom is 0.339 e. The molecule has 2 aromatic rings. The lowest BCUT2D eigenvalue weighted by Gasteiger charge is -2.28. The molecule has 1 aliphatic rings. The summed E-state index contributed by atoms with van der Waals surface area (Å²) in [6.07, 6.45) is 1.01. The fraction of sp³-hybridized carbons (Fsp3) is 0.421. The van der Waals surface area contributed by atoms with Gasteiger partial charge in [-0.15, -0.1) is 0 Å². The van der Waals surface area contributed by atoms with Crippen LogP contribution >= 0.6 is 11.6 Å². The predicted molar refractivity (Wildman–Crippen MR) is 105 cm³/mol. The van der Waals surface area contributed by atoms with Gasteiger partial charge in [-0.25, -0.2) is 17.9 Å². The molecule has 7 nitrogen and oxygen atoms in total. The van der Waals surface area contributed by atoms with Gasteiger partial charge in [-0.05, 0) is 50.5 Å². The van der Waals surface area contributed by atoms with E-state index in [0.29, 0.717) is 30.2 Å². The number of ether oxygens (including phenoxy) is 2. The average Bonchev–Trinajstić information content (AvgIpc) is 3.24. The summed E-state index contributed by atoms with van der Waals surface area (Å²) in [4.78, 5) is 14.8. The number of benzene rings is 1. The van der Waals surface area contributed by atoms with Crippen LogP contribution in [0, 0.1) is 6.92 Å². The molecule has 1 aromatic heterocycles. The Balaban J connectivity index is 1.85. The van der Waals surface area contributed by atoms with Gasteiger partial charge < -0.3 is 14.5 Å². The normalized spacial score (nSPS) is 19.7. The van der Waals surface area contributed by atoms with E-state index in [-0.39, 0.29) is 23.8 Å². The quantitative estimate of drug-likeness (QED) is 0.663. The smallest absolute Gasteiger partial charge is 0.339 e. The molecule has 2 heterocycles. The lowest BCUT2D eigenvalue weighted by molar-refractivity contribution is 0.0525. The molecule has 0 saturated carbocycles. The molecule has 0 spiro atoms. The van der Waals surface area contributed by atoms with E-state index in [2.05, 4.69) is 9.71 Å². The zero-order valence-corrected chi connectivity index (χ0v) is 17.3. The molecule has 28 heavy (non-hydrogen) atoms. The number of sulfonamides is 1. The molecule has 0 aliphatic carbocycles. The first kappa shape index (κ1) is 20.9. The minimum Gasteiger partial charge on any atom is -0.462 e. The van der Waals surface area contributed by atoms with Crippen molar-refractivity contribution in [3.05, 3.63) is 52.2 Å². The van der Waals surface area contributed by atoms with Crippen LogP contribution in [0.1, 0.15) is 35.0 Å². The Labute approximate surface area is 169 Å². The second-order valence-corrected chi connectivity index (χ2v) is 8.97. The average molecular weight is 427 g/mol. The molecule has 9 heteroatoms. The van der Waals surface area contributed by atoms with Crippen LogP contribution in [0.15, 0.2) is 35.4 Å². The third kappa shape index (κ3) is 4.57. The van der Waals surface area contributed by atoms with E-state index in [9.17, 15) is 13.2 Å². The SMILES string of the molecule is CCOC(=O)c1cc(S(=O)(=O)NC2(Cc3ccc(Cl)cc3)CCOC2)[nH]c1C. The molecular weight excluding hydrogens is 404 g/mol. The number of H-pyrrole nitrogens is 1. The van der Waals surface area contributed by atoms with E-state index >= 15 is 0 Å². The van der Waals surface area contributed by atoms with Crippen LogP contribution in [0.5, 0.6) is 0 Å². The minimum atomic E-state index is -3.90. The second-order valence-electron chi connectivity index (χ2n) is 6.88. The van der Waals surface area contributed by atoms with Gasteiger partial charge >= 0.3 is 5.97 Å². The third-order valence-corrected chi connectivity index (χ3v) is 6.44. The molecular formula is C19H23ClN2O5S. The number of halogens is 1. The molecule has 0 amide bonds. The van der Waals surface area contributed by atoms with Crippen molar-refractivity contribution in [3.63, 3.8) is 0 Å². The number of aryl methyl sites for hydroxylation is 1. The highest BCUT2D eigenvalue weighted by Crippen LogP contribution is 2.27. The summed E-state index contributed by atoms with van der Waals surface area (Å²) in [5, 5.41) is 0.546. The highest BCUT2D eigenvalue weighted by Gasteiger charge is 2.40. The van der Waals surface area contributed by atoms with E-state index in [1.54, 1.807) is 26.0 Å². The van der Waals surface area contributed by atoms with Gasteiger partial charge in [-0.1, -0.05) is 23.7 Å². The first-order chi connectivity index (χ1) is 13.2. The molecule has 1 unspecified atom stereocenters. The van der Waals surface area contributed by atoms with E-state index in [1.165, 1.54) is 6.07 Å². The molecule has 0 radical (unpaired) electrons. The number of carbonyl (C=O) groups excluding carboxylic acids is 1. The van der Waals surface area contributed by atoms with Crippen molar-refractivity contribution in [1.29, 1.82) is 0 Å². The van der Waals surface area contributed by atoms with Crippen LogP contribution in [0.25, 0.3) is 0 Å². The van der Waals surface area contributed by atoms with Crippen LogP contribution in [0.2, 0.25) is 5.02 Å². The number of carbonyl (C=O) groups is 1. The Morgan fingerprint density at radius 3 is 2.68 bits per heavy atom. The maximum atomic E-state index is 13.0. The molecule has 2 N–H and O–H groups in total. The monoisotopic (exact) mass is 426 g/mol. The molecule has 152 valence electrons. The molecule has 1 saturated heterocycles. The first-order valence-electron chi connectivity index (χ1n) is 8.97. The Hall–Kier alpha value is -1.87. The molecule has 1 aromatic carbocycles. The highest BCUT2D eigenvalue weighted by molar-refractivity contribution is 7.89. The zero-order valence-electron chi connectivity index (χ0n) is 15.7. The van der Waals surface area contributed by atoms with Crippen molar-refractivity contribution in [2.75, 3.05) is 19.8 Å². The molecule has 1 aliphatic heterocycles. The molecule has 1 fully saturated rings. The number of aromatic amines is 1. The number of esters is 1. The number of hydrogen-bond donors (Lipinski definition) is 2. The van der Waals surface area contributed by atoms with Gasteiger partial charge in [0, 0.05) is 17.3 Å². The second kappa shape index (κ2) is 8.24. The van der Waals surface area contributed by atoms with Crippen LogP contribution < -0.4 is 4.72 Å². The predicted octanol–water partition coefficient (Wildman–Crippen LogP) is 2.83. The number of aromatic nitrogens is 1. The van der Waals surface area contributed by atoms with E-state index in [0.717, 1.165) is 5.56 Å². The van der Waals surface area contributed by atoms with Crippen LogP contribution in [0.3, 0.4) is 0 Å². The van der Waals surface area contributed by atoms with Crippen molar-refractivity contribution in [2.45, 2.75) is 37.3 Å². The third-order valence-electron chi connectivity index (χ3n) is 4.68. The summed E-state index contributed by atoms with van der Waals surface area (Å²) in [6.45, 7) is 4.27. The summed E-state index contributed by atoms with van der Waals surface area (Å²) in [5.41, 5.74) is 0.827. The Bertz CT molecular complexity index is 947.